The van der Waals surface area contributed by atoms with Gasteiger partial charge in [-0.15, -0.1) is 11.3 Å². The Morgan fingerprint density at radius 2 is 2.24 bits per heavy atom. The van der Waals surface area contributed by atoms with E-state index in [0.29, 0.717) is 5.82 Å². The van der Waals surface area contributed by atoms with Crippen molar-refractivity contribution in [3.05, 3.63) is 44.6 Å². The fourth-order valence-corrected chi connectivity index (χ4v) is 3.83. The van der Waals surface area contributed by atoms with Gasteiger partial charge in [0.1, 0.15) is 0 Å². The summed E-state index contributed by atoms with van der Waals surface area (Å²) in [6.45, 7) is 6.07. The average Bonchev–Trinajstić information content (AvgIpc) is 2.89. The third kappa shape index (κ3) is 2.75. The predicted molar refractivity (Wildman–Crippen MR) is 87.1 cm³/mol. The summed E-state index contributed by atoms with van der Waals surface area (Å²) >= 11 is 1.81. The lowest BCUT2D eigenvalue weighted by molar-refractivity contribution is 0.383. The van der Waals surface area contributed by atoms with Crippen molar-refractivity contribution in [1.29, 1.82) is 0 Å². The molecule has 1 atom stereocenters. The van der Waals surface area contributed by atoms with Crippen LogP contribution in [-0.4, -0.2) is 9.55 Å². The maximum atomic E-state index is 12.6. The summed E-state index contributed by atoms with van der Waals surface area (Å²) in [4.78, 5) is 18.3. The van der Waals surface area contributed by atoms with Crippen LogP contribution in [0.15, 0.2) is 28.6 Å². The van der Waals surface area contributed by atoms with Gasteiger partial charge in [0.2, 0.25) is 0 Å². The van der Waals surface area contributed by atoms with E-state index in [1.807, 2.05) is 32.1 Å². The minimum atomic E-state index is -0.240. The monoisotopic (exact) mass is 303 g/mol. The number of nitrogens with zero attached hydrogens (tertiary/aromatic N) is 2. The first kappa shape index (κ1) is 14.3. The minimum absolute atomic E-state index is 0.0487. The quantitative estimate of drug-likeness (QED) is 0.923. The van der Waals surface area contributed by atoms with E-state index in [4.69, 9.17) is 0 Å². The zero-order chi connectivity index (χ0) is 15.0. The van der Waals surface area contributed by atoms with Gasteiger partial charge in [-0.05, 0) is 57.0 Å². The first-order valence-corrected chi connectivity index (χ1v) is 8.26. The maximum Gasteiger partial charge on any atom is 0.293 e. The Morgan fingerprint density at radius 1 is 1.43 bits per heavy atom. The first-order chi connectivity index (χ1) is 9.97. The summed E-state index contributed by atoms with van der Waals surface area (Å²) in [6.07, 6.45) is 6.82. The van der Waals surface area contributed by atoms with Crippen LogP contribution < -0.4 is 10.9 Å². The average molecular weight is 303 g/mol. The van der Waals surface area contributed by atoms with Crippen molar-refractivity contribution in [2.24, 2.45) is 0 Å². The lowest BCUT2D eigenvalue weighted by atomic mass is 9.94. The predicted octanol–water partition coefficient (Wildman–Crippen LogP) is 3.55. The van der Waals surface area contributed by atoms with E-state index < -0.39 is 0 Å². The largest absolute Gasteiger partial charge is 0.359 e. The molecule has 2 aromatic rings. The number of hydrogen-bond donors (Lipinski definition) is 1. The summed E-state index contributed by atoms with van der Waals surface area (Å²) in [5, 5.41) is 5.50. The lowest BCUT2D eigenvalue weighted by Crippen LogP contribution is -2.35. The molecule has 0 spiro atoms. The molecule has 1 aliphatic carbocycles. The van der Waals surface area contributed by atoms with Crippen molar-refractivity contribution in [3.63, 3.8) is 0 Å². The van der Waals surface area contributed by atoms with Gasteiger partial charge in [0.15, 0.2) is 5.82 Å². The van der Waals surface area contributed by atoms with E-state index in [9.17, 15) is 4.79 Å². The van der Waals surface area contributed by atoms with Crippen LogP contribution in [-0.2, 0) is 12.0 Å². The van der Waals surface area contributed by atoms with Crippen LogP contribution in [0.5, 0.6) is 0 Å². The van der Waals surface area contributed by atoms with E-state index in [-0.39, 0.29) is 17.1 Å². The molecule has 3 rings (SSSR count). The van der Waals surface area contributed by atoms with Gasteiger partial charge in [-0.25, -0.2) is 4.98 Å². The van der Waals surface area contributed by atoms with Crippen molar-refractivity contribution in [2.45, 2.75) is 51.6 Å². The molecular formula is C16H21N3OS. The van der Waals surface area contributed by atoms with Gasteiger partial charge in [-0.1, -0.05) is 0 Å². The highest BCUT2D eigenvalue weighted by molar-refractivity contribution is 7.10. The first-order valence-electron chi connectivity index (χ1n) is 7.38. The van der Waals surface area contributed by atoms with Crippen molar-refractivity contribution in [1.82, 2.24) is 9.55 Å². The molecule has 5 heteroatoms. The van der Waals surface area contributed by atoms with E-state index in [2.05, 4.69) is 21.7 Å². The molecule has 4 nitrogen and oxygen atoms in total. The van der Waals surface area contributed by atoms with E-state index in [0.717, 1.165) is 19.3 Å². The minimum Gasteiger partial charge on any atom is -0.359 e. The van der Waals surface area contributed by atoms with Crippen LogP contribution >= 0.6 is 11.3 Å². The zero-order valence-corrected chi connectivity index (χ0v) is 13.5. The van der Waals surface area contributed by atoms with Crippen molar-refractivity contribution in [2.75, 3.05) is 5.32 Å². The van der Waals surface area contributed by atoms with Crippen LogP contribution in [0, 0.1) is 0 Å². The second-order valence-corrected chi connectivity index (χ2v) is 7.51. The number of rotatable bonds is 2. The highest BCUT2D eigenvalue weighted by Crippen LogP contribution is 2.34. The van der Waals surface area contributed by atoms with Crippen LogP contribution in [0.1, 0.15) is 50.1 Å². The van der Waals surface area contributed by atoms with Gasteiger partial charge < -0.3 is 9.88 Å². The molecule has 0 bridgehead atoms. The number of thiophene rings is 1. The third-order valence-corrected chi connectivity index (χ3v) is 4.92. The molecule has 0 aliphatic heterocycles. The molecule has 0 saturated carbocycles. The van der Waals surface area contributed by atoms with Crippen molar-refractivity contribution >= 4 is 17.2 Å². The summed E-state index contributed by atoms with van der Waals surface area (Å²) in [5.74, 6) is 0.455. The molecule has 0 saturated heterocycles. The number of aryl methyl sites for hydroxylation is 1. The number of fused-ring (bicyclic) bond motifs is 1. The smallest absolute Gasteiger partial charge is 0.293 e. The van der Waals surface area contributed by atoms with Gasteiger partial charge in [0.25, 0.3) is 5.56 Å². The van der Waals surface area contributed by atoms with Gasteiger partial charge in [-0.3, -0.25) is 4.79 Å². The summed E-state index contributed by atoms with van der Waals surface area (Å²) in [7, 11) is 0. The van der Waals surface area contributed by atoms with Crippen molar-refractivity contribution < 1.29 is 0 Å². The Labute approximate surface area is 128 Å². The maximum absolute atomic E-state index is 12.6. The van der Waals surface area contributed by atoms with Gasteiger partial charge in [0, 0.05) is 22.8 Å². The Balaban J connectivity index is 1.93. The second-order valence-electron chi connectivity index (χ2n) is 6.51. The lowest BCUT2D eigenvalue weighted by Gasteiger charge is -2.26. The molecule has 21 heavy (non-hydrogen) atoms. The van der Waals surface area contributed by atoms with Crippen LogP contribution in [0.3, 0.4) is 0 Å². The van der Waals surface area contributed by atoms with Crippen molar-refractivity contribution in [3.8, 4) is 0 Å². The van der Waals surface area contributed by atoms with Crippen LogP contribution in [0.2, 0.25) is 0 Å². The molecule has 1 aliphatic rings. The molecule has 0 amide bonds. The third-order valence-electron chi connectivity index (χ3n) is 3.93. The standard InChI is InChI=1S/C16H21N3OS/c1-16(2,3)19-9-8-17-14(15(19)20)18-12-5-4-6-13-11(12)7-10-21-13/h7-10,12H,4-6H2,1-3H3,(H,17,18). The van der Waals surface area contributed by atoms with E-state index >= 15 is 0 Å². The van der Waals surface area contributed by atoms with Crippen LogP contribution in [0.25, 0.3) is 0 Å². The number of aromatic nitrogens is 2. The second kappa shape index (κ2) is 5.30. The molecule has 0 radical (unpaired) electrons. The number of nitrogens with one attached hydrogen (secondary N) is 1. The van der Waals surface area contributed by atoms with E-state index in [1.165, 1.54) is 10.4 Å². The SMILES string of the molecule is CC(C)(C)n1ccnc(NC2CCCc3sccc32)c1=O. The molecule has 2 aromatic heterocycles. The number of hydrogen-bond acceptors (Lipinski definition) is 4. The van der Waals surface area contributed by atoms with Crippen LogP contribution in [0.4, 0.5) is 5.82 Å². The normalized spacial score (nSPS) is 18.3. The Morgan fingerprint density at radius 3 is 3.00 bits per heavy atom. The van der Waals surface area contributed by atoms with Gasteiger partial charge >= 0.3 is 0 Å². The Kier molecular flexibility index (Phi) is 3.61. The molecule has 1 N–H and O–H groups in total. The summed E-state index contributed by atoms with van der Waals surface area (Å²) in [6, 6.07) is 2.37. The molecule has 0 aromatic carbocycles. The molecule has 1 unspecified atom stereocenters. The zero-order valence-electron chi connectivity index (χ0n) is 12.7. The summed E-state index contributed by atoms with van der Waals surface area (Å²) < 4.78 is 1.74. The molecule has 0 fully saturated rings. The topological polar surface area (TPSA) is 46.9 Å². The van der Waals surface area contributed by atoms with E-state index in [1.54, 1.807) is 17.0 Å². The Bertz CT molecular complexity index is 696. The molecular weight excluding hydrogens is 282 g/mol. The highest BCUT2D eigenvalue weighted by atomic mass is 32.1. The van der Waals surface area contributed by atoms with Gasteiger partial charge in [0.05, 0.1) is 6.04 Å². The summed E-state index contributed by atoms with van der Waals surface area (Å²) in [5.41, 5.74) is 1.04. The number of anilines is 1. The fraction of sp³-hybridized carbons (Fsp3) is 0.500. The Hall–Kier alpha value is -1.62. The fourth-order valence-electron chi connectivity index (χ4n) is 2.84. The highest BCUT2D eigenvalue weighted by Gasteiger charge is 2.23. The molecule has 112 valence electrons. The molecule has 2 heterocycles. The van der Waals surface area contributed by atoms with Gasteiger partial charge in [-0.2, -0.15) is 0 Å².